The average Bonchev–Trinajstić information content (AvgIpc) is 2.83. The molecule has 0 radical (unpaired) electrons. The Morgan fingerprint density at radius 3 is 2.62 bits per heavy atom. The molecule has 10 heteroatoms. The number of rotatable bonds is 8. The molecular formula is C24H26ClN3O6. The molecule has 1 saturated heterocycles. The number of H-pyrrole nitrogens is 1. The predicted octanol–water partition coefficient (Wildman–Crippen LogP) is 4.68. The summed E-state index contributed by atoms with van der Waals surface area (Å²) in [5, 5.41) is 15.4. The number of aromatic nitrogens is 1. The van der Waals surface area contributed by atoms with Crippen LogP contribution in [0.4, 0.5) is 5.69 Å². The second-order valence-electron chi connectivity index (χ2n) is 8.12. The number of aromatic amines is 1. The van der Waals surface area contributed by atoms with Gasteiger partial charge in [-0.2, -0.15) is 0 Å². The van der Waals surface area contributed by atoms with Gasteiger partial charge in [0, 0.05) is 17.5 Å². The number of nitro groups is 1. The second-order valence-corrected chi connectivity index (χ2v) is 8.53. The number of hydrogen-bond donors (Lipinski definition) is 2. The number of piperidine rings is 1. The summed E-state index contributed by atoms with van der Waals surface area (Å²) in [7, 11) is 3.03. The van der Waals surface area contributed by atoms with Crippen LogP contribution in [0, 0.1) is 10.1 Å². The summed E-state index contributed by atoms with van der Waals surface area (Å²) in [6.45, 7) is 1.31. The molecule has 3 aromatic rings. The summed E-state index contributed by atoms with van der Waals surface area (Å²) in [4.78, 5) is 27.0. The molecule has 9 nitrogen and oxygen atoms in total. The van der Waals surface area contributed by atoms with Gasteiger partial charge in [-0.05, 0) is 49.6 Å². The SMILES string of the molecule is COc1ccc(-c2c(OCCC3CCCCN3)c3cc([N+](=O)[O-])c(Cl)cc3[nH]c2=O)cc1OC. The summed E-state index contributed by atoms with van der Waals surface area (Å²) < 4.78 is 16.9. The highest BCUT2D eigenvalue weighted by Crippen LogP contribution is 2.40. The van der Waals surface area contributed by atoms with Crippen molar-refractivity contribution in [1.82, 2.24) is 10.3 Å². The van der Waals surface area contributed by atoms with Crippen LogP contribution in [-0.2, 0) is 0 Å². The normalized spacial score (nSPS) is 15.8. The van der Waals surface area contributed by atoms with Gasteiger partial charge in [0.15, 0.2) is 11.5 Å². The van der Waals surface area contributed by atoms with Crippen LogP contribution in [-0.4, -0.2) is 43.3 Å². The molecule has 1 atom stereocenters. The average molecular weight is 488 g/mol. The van der Waals surface area contributed by atoms with Crippen molar-refractivity contribution in [3.63, 3.8) is 0 Å². The molecule has 0 saturated carbocycles. The molecule has 2 heterocycles. The molecule has 4 rings (SSSR count). The van der Waals surface area contributed by atoms with Crippen molar-refractivity contribution in [2.24, 2.45) is 0 Å². The molecule has 0 bridgehead atoms. The van der Waals surface area contributed by atoms with Crippen LogP contribution < -0.4 is 25.1 Å². The molecule has 180 valence electrons. The van der Waals surface area contributed by atoms with E-state index in [2.05, 4.69) is 10.3 Å². The van der Waals surface area contributed by atoms with E-state index in [0.717, 1.165) is 32.2 Å². The number of nitro benzene ring substituents is 1. The smallest absolute Gasteiger partial charge is 0.288 e. The second kappa shape index (κ2) is 10.3. The number of methoxy groups -OCH3 is 2. The molecule has 34 heavy (non-hydrogen) atoms. The molecule has 0 amide bonds. The Balaban J connectivity index is 1.85. The fraction of sp³-hybridized carbons (Fsp3) is 0.375. The van der Waals surface area contributed by atoms with Crippen LogP contribution in [0.2, 0.25) is 5.02 Å². The minimum absolute atomic E-state index is 0.0654. The van der Waals surface area contributed by atoms with Crippen LogP contribution in [0.3, 0.4) is 0 Å². The van der Waals surface area contributed by atoms with Gasteiger partial charge in [0.1, 0.15) is 10.8 Å². The molecule has 0 aliphatic carbocycles. The van der Waals surface area contributed by atoms with Gasteiger partial charge >= 0.3 is 0 Å². The quantitative estimate of drug-likeness (QED) is 0.350. The van der Waals surface area contributed by atoms with Crippen LogP contribution in [0.15, 0.2) is 35.1 Å². The maximum Gasteiger partial charge on any atom is 0.288 e. The standard InChI is InChI=1S/C24H26ClN3O6/c1-32-20-7-6-14(11-21(20)33-2)22-23(34-10-8-15-5-3-4-9-26-15)16-12-19(28(30)31)17(25)13-18(16)27-24(22)29/h6-7,11-13,15,26H,3-5,8-10H2,1-2H3,(H,27,29). The van der Waals surface area contributed by atoms with E-state index in [1.54, 1.807) is 18.2 Å². The number of benzene rings is 2. The monoisotopic (exact) mass is 487 g/mol. The largest absolute Gasteiger partial charge is 0.493 e. The molecule has 1 aromatic heterocycles. The third-order valence-electron chi connectivity index (χ3n) is 6.03. The lowest BCUT2D eigenvalue weighted by atomic mass is 10.0. The molecular weight excluding hydrogens is 462 g/mol. The molecule has 1 aliphatic heterocycles. The van der Waals surface area contributed by atoms with Crippen molar-refractivity contribution in [2.45, 2.75) is 31.7 Å². The van der Waals surface area contributed by atoms with Crippen LogP contribution in [0.25, 0.3) is 22.0 Å². The third kappa shape index (κ3) is 4.80. The first-order chi connectivity index (χ1) is 16.4. The van der Waals surface area contributed by atoms with E-state index in [1.165, 1.54) is 26.4 Å². The van der Waals surface area contributed by atoms with E-state index in [4.69, 9.17) is 25.8 Å². The van der Waals surface area contributed by atoms with Crippen LogP contribution in [0.1, 0.15) is 25.7 Å². The summed E-state index contributed by atoms with van der Waals surface area (Å²) in [5.41, 5.74) is 0.468. The van der Waals surface area contributed by atoms with Crippen molar-refractivity contribution < 1.29 is 19.1 Å². The highest BCUT2D eigenvalue weighted by atomic mass is 35.5. The molecule has 2 N–H and O–H groups in total. The van der Waals surface area contributed by atoms with Gasteiger partial charge in [0.05, 0.1) is 36.8 Å². The summed E-state index contributed by atoms with van der Waals surface area (Å²) >= 11 is 6.10. The van der Waals surface area contributed by atoms with E-state index in [9.17, 15) is 14.9 Å². The topological polar surface area (TPSA) is 116 Å². The zero-order chi connectivity index (χ0) is 24.2. The maximum atomic E-state index is 13.2. The number of hydrogen-bond acceptors (Lipinski definition) is 7. The molecule has 1 unspecified atom stereocenters. The highest BCUT2D eigenvalue weighted by molar-refractivity contribution is 6.33. The summed E-state index contributed by atoms with van der Waals surface area (Å²) in [6, 6.07) is 8.14. The number of ether oxygens (including phenoxy) is 3. The Labute approximate surface area is 201 Å². The van der Waals surface area contributed by atoms with Crippen molar-refractivity contribution >= 4 is 28.2 Å². The van der Waals surface area contributed by atoms with Gasteiger partial charge in [-0.1, -0.05) is 24.1 Å². The zero-order valence-corrected chi connectivity index (χ0v) is 19.7. The maximum absolute atomic E-state index is 13.2. The van der Waals surface area contributed by atoms with Gasteiger partial charge < -0.3 is 24.5 Å². The van der Waals surface area contributed by atoms with Gasteiger partial charge in [-0.3, -0.25) is 14.9 Å². The predicted molar refractivity (Wildman–Crippen MR) is 131 cm³/mol. The first-order valence-corrected chi connectivity index (χ1v) is 11.4. The third-order valence-corrected chi connectivity index (χ3v) is 6.33. The lowest BCUT2D eigenvalue weighted by Crippen LogP contribution is -2.35. The number of fused-ring (bicyclic) bond motifs is 1. The van der Waals surface area contributed by atoms with E-state index in [-0.39, 0.29) is 22.0 Å². The Morgan fingerprint density at radius 1 is 1.15 bits per heavy atom. The Hall–Kier alpha value is -3.30. The molecule has 2 aromatic carbocycles. The lowest BCUT2D eigenvalue weighted by molar-refractivity contribution is -0.384. The van der Waals surface area contributed by atoms with E-state index >= 15 is 0 Å². The van der Waals surface area contributed by atoms with Crippen molar-refractivity contribution in [3.05, 3.63) is 55.8 Å². The lowest BCUT2D eigenvalue weighted by Gasteiger charge is -2.23. The number of halogens is 1. The Kier molecular flexibility index (Phi) is 7.23. The molecule has 1 fully saturated rings. The zero-order valence-electron chi connectivity index (χ0n) is 19.0. The van der Waals surface area contributed by atoms with E-state index < -0.39 is 10.5 Å². The van der Waals surface area contributed by atoms with Gasteiger partial charge in [0.25, 0.3) is 11.2 Å². The number of nitrogens with zero attached hydrogens (tertiary/aromatic N) is 1. The summed E-state index contributed by atoms with van der Waals surface area (Å²) in [6.07, 6.45) is 4.12. The minimum Gasteiger partial charge on any atom is -0.493 e. The number of nitrogens with one attached hydrogen (secondary N) is 2. The van der Waals surface area contributed by atoms with Crippen molar-refractivity contribution in [1.29, 1.82) is 0 Å². The fourth-order valence-electron chi connectivity index (χ4n) is 4.29. The van der Waals surface area contributed by atoms with Crippen molar-refractivity contribution in [3.8, 4) is 28.4 Å². The van der Waals surface area contributed by atoms with Gasteiger partial charge in [-0.25, -0.2) is 0 Å². The van der Waals surface area contributed by atoms with Crippen LogP contribution in [0.5, 0.6) is 17.2 Å². The Morgan fingerprint density at radius 2 is 1.94 bits per heavy atom. The van der Waals surface area contributed by atoms with Crippen molar-refractivity contribution in [2.75, 3.05) is 27.4 Å². The minimum atomic E-state index is -0.557. The highest BCUT2D eigenvalue weighted by Gasteiger charge is 2.23. The first kappa shape index (κ1) is 23.8. The first-order valence-electron chi connectivity index (χ1n) is 11.1. The van der Waals surface area contributed by atoms with Crippen LogP contribution >= 0.6 is 11.6 Å². The molecule has 1 aliphatic rings. The Bertz CT molecular complexity index is 1270. The van der Waals surface area contributed by atoms with Gasteiger partial charge in [-0.15, -0.1) is 0 Å². The fourth-order valence-corrected chi connectivity index (χ4v) is 4.53. The summed E-state index contributed by atoms with van der Waals surface area (Å²) in [5.74, 6) is 1.22. The number of pyridine rings is 1. The van der Waals surface area contributed by atoms with E-state index in [0.29, 0.717) is 40.6 Å². The van der Waals surface area contributed by atoms with Gasteiger partial charge in [0.2, 0.25) is 0 Å². The molecule has 0 spiro atoms. The van der Waals surface area contributed by atoms with E-state index in [1.807, 2.05) is 0 Å².